The molecule has 1 N–H and O–H groups in total. The second-order valence-electron chi connectivity index (χ2n) is 6.64. The lowest BCUT2D eigenvalue weighted by atomic mass is 9.92. The predicted octanol–water partition coefficient (Wildman–Crippen LogP) is 2.82. The van der Waals surface area contributed by atoms with E-state index in [-0.39, 0.29) is 23.7 Å². The number of rotatable bonds is 6. The number of hydrogen-bond acceptors (Lipinski definition) is 7. The Labute approximate surface area is 162 Å². The Kier molecular flexibility index (Phi) is 6.03. The highest BCUT2D eigenvalue weighted by Gasteiger charge is 2.26. The molecule has 1 aromatic heterocycles. The van der Waals surface area contributed by atoms with Gasteiger partial charge in [-0.25, -0.2) is 9.97 Å². The number of benzene rings is 1. The molecular formula is C19H22N4O5. The highest BCUT2D eigenvalue weighted by molar-refractivity contribution is 5.96. The van der Waals surface area contributed by atoms with Crippen LogP contribution in [-0.2, 0) is 0 Å². The molecule has 1 heterocycles. The molecular weight excluding hydrogens is 364 g/mol. The summed E-state index contributed by atoms with van der Waals surface area (Å²) < 4.78 is 11.0. The molecule has 0 bridgehead atoms. The van der Waals surface area contributed by atoms with Crippen LogP contribution < -0.4 is 14.8 Å². The largest absolute Gasteiger partial charge is 0.477 e. The van der Waals surface area contributed by atoms with Gasteiger partial charge in [-0.1, -0.05) is 6.07 Å². The number of ether oxygens (including phenoxy) is 2. The van der Waals surface area contributed by atoms with Crippen molar-refractivity contribution >= 4 is 11.6 Å². The van der Waals surface area contributed by atoms with E-state index in [1.54, 1.807) is 19.2 Å². The van der Waals surface area contributed by atoms with Crippen molar-refractivity contribution in [2.75, 3.05) is 7.11 Å². The first-order chi connectivity index (χ1) is 13.5. The minimum Gasteiger partial charge on any atom is -0.477 e. The van der Waals surface area contributed by atoms with Crippen LogP contribution in [0.4, 0.5) is 5.69 Å². The number of nitro groups is 1. The summed E-state index contributed by atoms with van der Waals surface area (Å²) in [7, 11) is 1.51. The van der Waals surface area contributed by atoms with Crippen molar-refractivity contribution in [3.63, 3.8) is 0 Å². The molecule has 1 aliphatic carbocycles. The topological polar surface area (TPSA) is 116 Å². The molecule has 1 aromatic carbocycles. The van der Waals surface area contributed by atoms with Gasteiger partial charge in [-0.05, 0) is 38.7 Å². The molecule has 0 saturated heterocycles. The number of nitrogens with one attached hydrogen (secondary N) is 1. The fourth-order valence-corrected chi connectivity index (χ4v) is 3.35. The Morgan fingerprint density at radius 2 is 1.86 bits per heavy atom. The van der Waals surface area contributed by atoms with Gasteiger partial charge in [0.05, 0.1) is 12.0 Å². The van der Waals surface area contributed by atoms with Crippen LogP contribution in [0.15, 0.2) is 30.6 Å². The highest BCUT2D eigenvalue weighted by Crippen LogP contribution is 2.27. The van der Waals surface area contributed by atoms with E-state index in [9.17, 15) is 14.9 Å². The second-order valence-corrected chi connectivity index (χ2v) is 6.64. The number of carbonyl (C=O) groups excluding carboxylic acids is 1. The van der Waals surface area contributed by atoms with Gasteiger partial charge in [0, 0.05) is 35.6 Å². The Morgan fingerprint density at radius 3 is 2.50 bits per heavy atom. The summed E-state index contributed by atoms with van der Waals surface area (Å²) in [5, 5.41) is 14.0. The minimum atomic E-state index is -0.477. The Hall–Kier alpha value is -3.23. The van der Waals surface area contributed by atoms with Gasteiger partial charge < -0.3 is 14.8 Å². The van der Waals surface area contributed by atoms with E-state index in [0.717, 1.165) is 25.7 Å². The van der Waals surface area contributed by atoms with Crippen molar-refractivity contribution in [2.24, 2.45) is 0 Å². The number of hydrogen-bond donors (Lipinski definition) is 1. The average molecular weight is 386 g/mol. The smallest absolute Gasteiger partial charge is 0.278 e. The van der Waals surface area contributed by atoms with Crippen LogP contribution in [0.1, 0.15) is 41.6 Å². The molecule has 1 fully saturated rings. The molecule has 9 nitrogen and oxygen atoms in total. The Morgan fingerprint density at radius 1 is 1.18 bits per heavy atom. The lowest BCUT2D eigenvalue weighted by Gasteiger charge is -2.29. The molecule has 0 unspecified atom stereocenters. The zero-order valence-corrected chi connectivity index (χ0v) is 15.8. The quantitative estimate of drug-likeness (QED) is 0.599. The van der Waals surface area contributed by atoms with Crippen LogP contribution in [0.2, 0.25) is 0 Å². The van der Waals surface area contributed by atoms with E-state index in [4.69, 9.17) is 9.47 Å². The van der Waals surface area contributed by atoms with Crippen molar-refractivity contribution in [3.05, 3.63) is 51.8 Å². The molecule has 9 heteroatoms. The zero-order valence-electron chi connectivity index (χ0n) is 15.8. The van der Waals surface area contributed by atoms with Crippen LogP contribution in [-0.4, -0.2) is 40.1 Å². The second kappa shape index (κ2) is 8.64. The van der Waals surface area contributed by atoms with Crippen molar-refractivity contribution in [2.45, 2.75) is 44.8 Å². The maximum Gasteiger partial charge on any atom is 0.278 e. The Balaban J connectivity index is 1.57. The van der Waals surface area contributed by atoms with Crippen molar-refractivity contribution in [3.8, 4) is 11.8 Å². The molecule has 0 spiro atoms. The summed E-state index contributed by atoms with van der Waals surface area (Å²) in [6, 6.07) is 4.52. The molecule has 1 amide bonds. The fourth-order valence-electron chi connectivity index (χ4n) is 3.35. The SMILES string of the molecule is COc1nccnc1OC1CCC(NC(=O)c2cccc([N+](=O)[O-])c2C)CC1. The zero-order chi connectivity index (χ0) is 20.1. The van der Waals surface area contributed by atoms with Crippen molar-refractivity contribution < 1.29 is 19.2 Å². The van der Waals surface area contributed by atoms with E-state index < -0.39 is 4.92 Å². The molecule has 0 aliphatic heterocycles. The summed E-state index contributed by atoms with van der Waals surface area (Å²) in [6.45, 7) is 1.59. The number of amides is 1. The molecule has 148 valence electrons. The molecule has 0 radical (unpaired) electrons. The van der Waals surface area contributed by atoms with Gasteiger partial charge in [-0.15, -0.1) is 0 Å². The summed E-state index contributed by atoms with van der Waals surface area (Å²) in [4.78, 5) is 31.4. The summed E-state index contributed by atoms with van der Waals surface area (Å²) in [5.41, 5.74) is 0.649. The molecule has 28 heavy (non-hydrogen) atoms. The number of methoxy groups -OCH3 is 1. The van der Waals surface area contributed by atoms with E-state index in [0.29, 0.717) is 22.9 Å². The lowest BCUT2D eigenvalue weighted by Crippen LogP contribution is -2.40. The predicted molar refractivity (Wildman–Crippen MR) is 101 cm³/mol. The first-order valence-corrected chi connectivity index (χ1v) is 9.06. The van der Waals surface area contributed by atoms with Gasteiger partial charge in [0.1, 0.15) is 6.10 Å². The normalized spacial score (nSPS) is 18.9. The number of aromatic nitrogens is 2. The van der Waals surface area contributed by atoms with Gasteiger partial charge >= 0.3 is 0 Å². The maximum absolute atomic E-state index is 12.6. The van der Waals surface area contributed by atoms with Gasteiger partial charge in [0.25, 0.3) is 23.4 Å². The van der Waals surface area contributed by atoms with Gasteiger partial charge in [0.2, 0.25) is 0 Å². The number of carbonyl (C=O) groups is 1. The van der Waals surface area contributed by atoms with E-state index in [2.05, 4.69) is 15.3 Å². The summed E-state index contributed by atoms with van der Waals surface area (Å²) >= 11 is 0. The van der Waals surface area contributed by atoms with Crippen molar-refractivity contribution in [1.29, 1.82) is 0 Å². The van der Waals surface area contributed by atoms with Gasteiger partial charge in [0.15, 0.2) is 0 Å². The number of nitro benzene ring substituents is 1. The lowest BCUT2D eigenvalue weighted by molar-refractivity contribution is -0.385. The first kappa shape index (κ1) is 19.5. The van der Waals surface area contributed by atoms with E-state index in [1.807, 2.05) is 0 Å². The average Bonchev–Trinajstić information content (AvgIpc) is 2.69. The monoisotopic (exact) mass is 386 g/mol. The maximum atomic E-state index is 12.6. The standard InChI is InChI=1S/C19H22N4O5/c1-12-15(4-3-5-16(12)23(25)26)17(24)22-13-6-8-14(9-7-13)28-19-18(27-2)20-10-11-21-19/h3-5,10-11,13-14H,6-9H2,1-2H3,(H,22,24). The van der Waals surface area contributed by atoms with Crippen LogP contribution in [0.5, 0.6) is 11.8 Å². The van der Waals surface area contributed by atoms with Crippen LogP contribution in [0.25, 0.3) is 0 Å². The summed E-state index contributed by atoms with van der Waals surface area (Å²) in [5.74, 6) is 0.421. The molecule has 0 atom stereocenters. The van der Waals surface area contributed by atoms with Crippen LogP contribution in [0.3, 0.4) is 0 Å². The third-order valence-corrected chi connectivity index (χ3v) is 4.86. The van der Waals surface area contributed by atoms with Crippen LogP contribution >= 0.6 is 0 Å². The van der Waals surface area contributed by atoms with Gasteiger partial charge in [-0.3, -0.25) is 14.9 Å². The molecule has 2 aromatic rings. The summed E-state index contributed by atoms with van der Waals surface area (Å²) in [6.07, 6.45) is 6.04. The molecule has 1 aliphatic rings. The third kappa shape index (κ3) is 4.36. The molecule has 3 rings (SSSR count). The first-order valence-electron chi connectivity index (χ1n) is 9.06. The van der Waals surface area contributed by atoms with Crippen LogP contribution in [0, 0.1) is 17.0 Å². The van der Waals surface area contributed by atoms with Crippen molar-refractivity contribution in [1.82, 2.24) is 15.3 Å². The Bertz CT molecular complexity index is 865. The van der Waals surface area contributed by atoms with Gasteiger partial charge in [-0.2, -0.15) is 0 Å². The highest BCUT2D eigenvalue weighted by atomic mass is 16.6. The fraction of sp³-hybridized carbons (Fsp3) is 0.421. The van der Waals surface area contributed by atoms with E-state index >= 15 is 0 Å². The molecule has 1 saturated carbocycles. The third-order valence-electron chi connectivity index (χ3n) is 4.86. The number of nitrogens with zero attached hydrogens (tertiary/aromatic N) is 3. The van der Waals surface area contributed by atoms with E-state index in [1.165, 1.54) is 25.4 Å². The minimum absolute atomic E-state index is 0.00485.